The number of Topliss-reactive ketones (excluding diaryl/α,β-unsaturated/α-hetero) is 1. The molecular formula is C21H16ClFN2O4S. The largest absolute Gasteiger partial charge is 0.319 e. The van der Waals surface area contributed by atoms with Gasteiger partial charge in [-0.1, -0.05) is 35.9 Å². The van der Waals surface area contributed by atoms with Crippen LogP contribution in [0.2, 0.25) is 5.02 Å². The Balaban J connectivity index is 1.82. The molecule has 1 amide bonds. The van der Waals surface area contributed by atoms with E-state index in [1.54, 1.807) is 18.2 Å². The molecule has 0 radical (unpaired) electrons. The lowest BCUT2D eigenvalue weighted by molar-refractivity contribution is 0.101. The molecule has 3 aromatic carbocycles. The van der Waals surface area contributed by atoms with Gasteiger partial charge < -0.3 is 5.32 Å². The standard InChI is InChI=1S/C21H16ClFN2O4S/c1-13(26)14-5-4-6-15(11-14)25-30(28,29)16-9-10-20(19(23)12-16)24-21(27)17-7-2-3-8-18(17)22/h2-12,25H,1H3,(H,24,27). The zero-order valence-electron chi connectivity index (χ0n) is 15.6. The average molecular weight is 447 g/mol. The summed E-state index contributed by atoms with van der Waals surface area (Å²) in [4.78, 5) is 23.4. The zero-order chi connectivity index (χ0) is 21.9. The number of halogens is 2. The number of amides is 1. The van der Waals surface area contributed by atoms with E-state index in [1.807, 2.05) is 0 Å². The van der Waals surface area contributed by atoms with E-state index in [9.17, 15) is 22.4 Å². The third-order valence-corrected chi connectivity index (χ3v) is 5.85. The highest BCUT2D eigenvalue weighted by molar-refractivity contribution is 7.92. The Morgan fingerprint density at radius 1 is 0.967 bits per heavy atom. The van der Waals surface area contributed by atoms with Crippen LogP contribution in [0.3, 0.4) is 0 Å². The van der Waals surface area contributed by atoms with Crippen LogP contribution < -0.4 is 10.0 Å². The third kappa shape index (κ3) is 4.84. The van der Waals surface area contributed by atoms with Gasteiger partial charge in [0.2, 0.25) is 0 Å². The second kappa shape index (κ2) is 8.64. The lowest BCUT2D eigenvalue weighted by Crippen LogP contribution is -2.16. The van der Waals surface area contributed by atoms with Crippen LogP contribution in [0.4, 0.5) is 15.8 Å². The average Bonchev–Trinajstić information content (AvgIpc) is 2.69. The molecular weight excluding hydrogens is 431 g/mol. The smallest absolute Gasteiger partial charge is 0.261 e. The van der Waals surface area contributed by atoms with Crippen molar-refractivity contribution in [3.8, 4) is 0 Å². The van der Waals surface area contributed by atoms with Gasteiger partial charge in [-0.2, -0.15) is 0 Å². The third-order valence-electron chi connectivity index (χ3n) is 4.14. The van der Waals surface area contributed by atoms with Gasteiger partial charge in [-0.15, -0.1) is 0 Å². The van der Waals surface area contributed by atoms with E-state index in [0.717, 1.165) is 18.2 Å². The van der Waals surface area contributed by atoms with E-state index in [1.165, 1.54) is 37.3 Å². The predicted molar refractivity (Wildman–Crippen MR) is 113 cm³/mol. The van der Waals surface area contributed by atoms with Crippen LogP contribution >= 0.6 is 11.6 Å². The number of benzene rings is 3. The SMILES string of the molecule is CC(=O)c1cccc(NS(=O)(=O)c2ccc(NC(=O)c3ccccc3Cl)c(F)c2)c1. The number of ketones is 1. The lowest BCUT2D eigenvalue weighted by Gasteiger charge is -2.11. The molecule has 0 unspecified atom stereocenters. The summed E-state index contributed by atoms with van der Waals surface area (Å²) in [5.41, 5.74) is 0.456. The van der Waals surface area contributed by atoms with Gasteiger partial charge in [0.25, 0.3) is 15.9 Å². The van der Waals surface area contributed by atoms with Gasteiger partial charge in [-0.25, -0.2) is 12.8 Å². The second-order valence-corrected chi connectivity index (χ2v) is 8.41. The van der Waals surface area contributed by atoms with E-state index < -0.39 is 21.7 Å². The number of sulfonamides is 1. The Labute approximate surface area is 177 Å². The van der Waals surface area contributed by atoms with Crippen molar-refractivity contribution in [3.63, 3.8) is 0 Å². The van der Waals surface area contributed by atoms with Crippen molar-refractivity contribution in [3.05, 3.63) is 88.7 Å². The number of hydrogen-bond donors (Lipinski definition) is 2. The minimum atomic E-state index is -4.12. The molecule has 154 valence electrons. The normalized spacial score (nSPS) is 11.0. The summed E-state index contributed by atoms with van der Waals surface area (Å²) in [5.74, 6) is -1.79. The van der Waals surface area contributed by atoms with E-state index in [-0.39, 0.29) is 32.6 Å². The first-order valence-electron chi connectivity index (χ1n) is 8.66. The summed E-state index contributed by atoms with van der Waals surface area (Å²) < 4.78 is 41.9. The summed E-state index contributed by atoms with van der Waals surface area (Å²) in [6, 6.07) is 15.3. The highest BCUT2D eigenvalue weighted by Crippen LogP contribution is 2.23. The summed E-state index contributed by atoms with van der Waals surface area (Å²) in [6.45, 7) is 1.36. The molecule has 0 aliphatic heterocycles. The molecule has 30 heavy (non-hydrogen) atoms. The summed E-state index contributed by atoms with van der Waals surface area (Å²) >= 11 is 5.95. The lowest BCUT2D eigenvalue weighted by atomic mass is 10.1. The van der Waals surface area contributed by atoms with Gasteiger partial charge >= 0.3 is 0 Å². The van der Waals surface area contributed by atoms with Crippen LogP contribution in [0.1, 0.15) is 27.6 Å². The van der Waals surface area contributed by atoms with Crippen molar-refractivity contribution in [2.45, 2.75) is 11.8 Å². The summed E-state index contributed by atoms with van der Waals surface area (Å²) in [5, 5.41) is 2.57. The molecule has 0 spiro atoms. The molecule has 3 rings (SSSR count). The summed E-state index contributed by atoms with van der Waals surface area (Å²) in [6.07, 6.45) is 0. The van der Waals surface area contributed by atoms with Gasteiger partial charge in [0.1, 0.15) is 5.82 Å². The molecule has 0 atom stereocenters. The monoisotopic (exact) mass is 446 g/mol. The van der Waals surface area contributed by atoms with Crippen LogP contribution in [0.15, 0.2) is 71.6 Å². The van der Waals surface area contributed by atoms with Gasteiger partial charge in [0.05, 0.1) is 21.2 Å². The highest BCUT2D eigenvalue weighted by Gasteiger charge is 2.19. The van der Waals surface area contributed by atoms with E-state index in [2.05, 4.69) is 10.0 Å². The van der Waals surface area contributed by atoms with Crippen LogP contribution in [0.5, 0.6) is 0 Å². The maximum Gasteiger partial charge on any atom is 0.261 e. The van der Waals surface area contributed by atoms with Crippen molar-refractivity contribution in [2.24, 2.45) is 0 Å². The molecule has 0 aromatic heterocycles. The molecule has 9 heteroatoms. The molecule has 0 saturated heterocycles. The minimum absolute atomic E-state index is 0.155. The fourth-order valence-corrected chi connectivity index (χ4v) is 3.90. The maximum atomic E-state index is 14.5. The van der Waals surface area contributed by atoms with Gasteiger partial charge in [0, 0.05) is 11.3 Å². The van der Waals surface area contributed by atoms with Crippen molar-refractivity contribution >= 4 is 44.7 Å². The maximum absolute atomic E-state index is 14.5. The van der Waals surface area contributed by atoms with Crippen molar-refractivity contribution in [1.29, 1.82) is 0 Å². The van der Waals surface area contributed by atoms with Crippen molar-refractivity contribution in [1.82, 2.24) is 0 Å². The molecule has 2 N–H and O–H groups in total. The Morgan fingerprint density at radius 3 is 2.37 bits per heavy atom. The molecule has 0 fully saturated rings. The first-order valence-corrected chi connectivity index (χ1v) is 10.5. The first kappa shape index (κ1) is 21.5. The number of nitrogens with one attached hydrogen (secondary N) is 2. The molecule has 0 saturated carbocycles. The van der Waals surface area contributed by atoms with E-state index in [4.69, 9.17) is 11.6 Å². The molecule has 3 aromatic rings. The summed E-state index contributed by atoms with van der Waals surface area (Å²) in [7, 11) is -4.12. The zero-order valence-corrected chi connectivity index (χ0v) is 17.2. The number of carbonyl (C=O) groups is 2. The number of anilines is 2. The van der Waals surface area contributed by atoms with Gasteiger partial charge in [-0.05, 0) is 49.4 Å². The quantitative estimate of drug-likeness (QED) is 0.535. The Morgan fingerprint density at radius 2 is 1.70 bits per heavy atom. The fraction of sp³-hybridized carbons (Fsp3) is 0.0476. The first-order chi connectivity index (χ1) is 14.2. The molecule has 0 aliphatic rings. The number of carbonyl (C=O) groups excluding carboxylic acids is 2. The van der Waals surface area contributed by atoms with Crippen LogP contribution in [-0.4, -0.2) is 20.1 Å². The van der Waals surface area contributed by atoms with Crippen molar-refractivity contribution in [2.75, 3.05) is 10.0 Å². The Hall–Kier alpha value is -3.23. The van der Waals surface area contributed by atoms with E-state index >= 15 is 0 Å². The van der Waals surface area contributed by atoms with Crippen LogP contribution in [0.25, 0.3) is 0 Å². The Bertz CT molecular complexity index is 1250. The second-order valence-electron chi connectivity index (χ2n) is 6.32. The topological polar surface area (TPSA) is 92.3 Å². The van der Waals surface area contributed by atoms with Crippen LogP contribution in [0, 0.1) is 5.82 Å². The molecule has 0 bridgehead atoms. The highest BCUT2D eigenvalue weighted by atomic mass is 35.5. The number of rotatable bonds is 6. The van der Waals surface area contributed by atoms with Gasteiger partial charge in [0.15, 0.2) is 5.78 Å². The fourth-order valence-electron chi connectivity index (χ4n) is 2.62. The van der Waals surface area contributed by atoms with Crippen molar-refractivity contribution < 1.29 is 22.4 Å². The molecule has 0 heterocycles. The van der Waals surface area contributed by atoms with Crippen LogP contribution in [-0.2, 0) is 10.0 Å². The predicted octanol–water partition coefficient (Wildman–Crippen LogP) is 4.73. The molecule has 6 nitrogen and oxygen atoms in total. The van der Waals surface area contributed by atoms with E-state index in [0.29, 0.717) is 5.56 Å². The van der Waals surface area contributed by atoms with Gasteiger partial charge in [-0.3, -0.25) is 14.3 Å². The molecule has 0 aliphatic carbocycles. The number of hydrogen-bond acceptors (Lipinski definition) is 4. The minimum Gasteiger partial charge on any atom is -0.319 e. The Kier molecular flexibility index (Phi) is 6.19.